The molecule has 2 aliphatic rings. The fourth-order valence-electron chi connectivity index (χ4n) is 4.32. The monoisotopic (exact) mass is 377 g/mol. The number of aryl methyl sites for hydroxylation is 1. The Kier molecular flexibility index (Phi) is 5.69. The van der Waals surface area contributed by atoms with Crippen molar-refractivity contribution in [1.82, 2.24) is 15.8 Å². The zero-order chi connectivity index (χ0) is 20.6. The Labute approximate surface area is 170 Å². The van der Waals surface area contributed by atoms with Gasteiger partial charge in [0.25, 0.3) is 0 Å². The van der Waals surface area contributed by atoms with E-state index in [1.807, 2.05) is 7.05 Å². The Morgan fingerprint density at radius 3 is 2.54 bits per heavy atom. The van der Waals surface area contributed by atoms with E-state index >= 15 is 0 Å². The molecule has 28 heavy (non-hydrogen) atoms. The van der Waals surface area contributed by atoms with Crippen molar-refractivity contribution in [2.45, 2.75) is 60.0 Å². The lowest BCUT2D eigenvalue weighted by molar-refractivity contribution is 0.189. The first kappa shape index (κ1) is 20.6. The Hall–Kier alpha value is -2.10. The number of benzene rings is 1. The molecule has 0 aromatic heterocycles. The Morgan fingerprint density at radius 2 is 1.96 bits per heavy atom. The minimum Gasteiger partial charge on any atom is -0.343 e. The van der Waals surface area contributed by atoms with Crippen molar-refractivity contribution < 1.29 is 0 Å². The lowest BCUT2D eigenvalue weighted by Crippen LogP contribution is -2.45. The highest BCUT2D eigenvalue weighted by Crippen LogP contribution is 2.44. The van der Waals surface area contributed by atoms with Gasteiger partial charge < -0.3 is 4.90 Å². The number of allylic oxidation sites excluding steroid dienone is 4. The summed E-state index contributed by atoms with van der Waals surface area (Å²) in [6, 6.07) is 5.20. The van der Waals surface area contributed by atoms with Crippen LogP contribution in [0.15, 0.2) is 54.3 Å². The van der Waals surface area contributed by atoms with Gasteiger partial charge in [-0.2, -0.15) is 0 Å². The number of hydrazine groups is 1. The molecule has 0 saturated carbocycles. The minimum atomic E-state index is 0.152. The van der Waals surface area contributed by atoms with Crippen LogP contribution in [0.5, 0.6) is 0 Å². The normalized spacial score (nSPS) is 19.0. The second-order valence-corrected chi connectivity index (χ2v) is 9.11. The quantitative estimate of drug-likeness (QED) is 0.698. The van der Waals surface area contributed by atoms with E-state index < -0.39 is 0 Å². The molecule has 0 aliphatic carbocycles. The summed E-state index contributed by atoms with van der Waals surface area (Å²) in [7, 11) is 1.92. The van der Waals surface area contributed by atoms with Gasteiger partial charge in [0.1, 0.15) is 0 Å². The fourth-order valence-corrected chi connectivity index (χ4v) is 4.32. The number of fused-ring (bicyclic) bond motifs is 3. The molecule has 1 aromatic rings. The summed E-state index contributed by atoms with van der Waals surface area (Å²) < 4.78 is 0. The summed E-state index contributed by atoms with van der Waals surface area (Å²) in [6.07, 6.45) is 6.60. The summed E-state index contributed by atoms with van der Waals surface area (Å²) in [5, 5.41) is 0. The molecule has 2 heterocycles. The van der Waals surface area contributed by atoms with Crippen molar-refractivity contribution in [3.8, 4) is 0 Å². The lowest BCUT2D eigenvalue weighted by atomic mass is 9.75. The number of hydrogen-bond acceptors (Lipinski definition) is 3. The van der Waals surface area contributed by atoms with E-state index in [0.29, 0.717) is 6.04 Å². The van der Waals surface area contributed by atoms with Crippen LogP contribution in [0.25, 0.3) is 5.70 Å². The third-order valence-corrected chi connectivity index (χ3v) is 5.95. The predicted octanol–water partition coefficient (Wildman–Crippen LogP) is 5.12. The summed E-state index contributed by atoms with van der Waals surface area (Å²) in [6.45, 7) is 20.6. The third kappa shape index (κ3) is 3.74. The zero-order valence-electron chi connectivity index (χ0n) is 18.4. The Morgan fingerprint density at radius 1 is 1.25 bits per heavy atom. The van der Waals surface area contributed by atoms with E-state index in [-0.39, 0.29) is 5.41 Å². The molecule has 0 bridgehead atoms. The molecule has 0 amide bonds. The van der Waals surface area contributed by atoms with Gasteiger partial charge in [-0.25, -0.2) is 0 Å². The van der Waals surface area contributed by atoms with Crippen LogP contribution < -0.4 is 10.9 Å². The van der Waals surface area contributed by atoms with Crippen LogP contribution in [0.2, 0.25) is 0 Å². The van der Waals surface area contributed by atoms with Crippen molar-refractivity contribution >= 4 is 5.70 Å². The van der Waals surface area contributed by atoms with Crippen LogP contribution in [-0.2, 0) is 19.4 Å². The van der Waals surface area contributed by atoms with Gasteiger partial charge in [-0.15, -0.1) is 0 Å². The van der Waals surface area contributed by atoms with Gasteiger partial charge in [-0.05, 0) is 77.8 Å². The maximum atomic E-state index is 4.32. The van der Waals surface area contributed by atoms with Crippen molar-refractivity contribution in [2.24, 2.45) is 5.41 Å². The summed E-state index contributed by atoms with van der Waals surface area (Å²) >= 11 is 0. The Bertz CT molecular complexity index is 865. The van der Waals surface area contributed by atoms with Crippen molar-refractivity contribution in [3.05, 3.63) is 76.5 Å². The van der Waals surface area contributed by atoms with E-state index in [2.05, 4.69) is 87.9 Å². The maximum Gasteiger partial charge on any atom is 0.0491 e. The van der Waals surface area contributed by atoms with Crippen molar-refractivity contribution in [1.29, 1.82) is 0 Å². The topological polar surface area (TPSA) is 27.3 Å². The highest BCUT2D eigenvalue weighted by molar-refractivity contribution is 5.77. The second kappa shape index (κ2) is 7.73. The smallest absolute Gasteiger partial charge is 0.0491 e. The molecule has 0 fully saturated rings. The molecule has 3 nitrogen and oxygen atoms in total. The van der Waals surface area contributed by atoms with E-state index in [9.17, 15) is 0 Å². The molecule has 0 spiro atoms. The summed E-state index contributed by atoms with van der Waals surface area (Å²) in [4.78, 5) is 2.48. The van der Waals surface area contributed by atoms with Crippen LogP contribution in [0.1, 0.15) is 56.9 Å². The van der Waals surface area contributed by atoms with Gasteiger partial charge in [0, 0.05) is 30.0 Å². The van der Waals surface area contributed by atoms with Crippen LogP contribution in [0, 0.1) is 5.41 Å². The molecule has 2 N–H and O–H groups in total. The van der Waals surface area contributed by atoms with Crippen LogP contribution in [-0.4, -0.2) is 18.0 Å². The van der Waals surface area contributed by atoms with Crippen LogP contribution in [0.3, 0.4) is 0 Å². The molecule has 150 valence electrons. The highest BCUT2D eigenvalue weighted by Gasteiger charge is 2.38. The molecular formula is C25H35N3. The minimum absolute atomic E-state index is 0.152. The number of nitrogens with one attached hydrogen (secondary N) is 2. The molecule has 1 atom stereocenters. The summed E-state index contributed by atoms with van der Waals surface area (Å²) in [5.41, 5.74) is 16.6. The number of rotatable bonds is 5. The first-order valence-electron chi connectivity index (χ1n) is 10.3. The van der Waals surface area contributed by atoms with E-state index in [1.54, 1.807) is 0 Å². The van der Waals surface area contributed by atoms with E-state index in [1.165, 1.54) is 28.0 Å². The van der Waals surface area contributed by atoms with E-state index in [0.717, 1.165) is 36.1 Å². The van der Waals surface area contributed by atoms with Crippen LogP contribution >= 0.6 is 0 Å². The molecule has 1 unspecified atom stereocenters. The van der Waals surface area contributed by atoms with Crippen molar-refractivity contribution in [2.75, 3.05) is 7.05 Å². The third-order valence-electron chi connectivity index (χ3n) is 5.95. The highest BCUT2D eigenvalue weighted by atomic mass is 15.3. The molecular weight excluding hydrogens is 342 g/mol. The maximum absolute atomic E-state index is 4.32. The zero-order valence-corrected chi connectivity index (χ0v) is 18.4. The fraction of sp³-hybridized carbons (Fsp3) is 0.440. The van der Waals surface area contributed by atoms with Crippen LogP contribution in [0.4, 0.5) is 0 Å². The summed E-state index contributed by atoms with van der Waals surface area (Å²) in [5.74, 6) is 0. The SMILES string of the molecule is C=C(C)C1=CN2C(=CC1=C)c1cc(CC)c(CNNC)cc1CC2C(C)(C)C. The molecule has 0 radical (unpaired) electrons. The number of nitrogens with zero attached hydrogens (tertiary/aromatic N) is 1. The largest absolute Gasteiger partial charge is 0.343 e. The van der Waals surface area contributed by atoms with Crippen molar-refractivity contribution in [3.63, 3.8) is 0 Å². The molecule has 3 rings (SSSR count). The molecule has 2 aliphatic heterocycles. The van der Waals surface area contributed by atoms with Gasteiger partial charge in [0.05, 0.1) is 0 Å². The molecule has 3 heteroatoms. The molecule has 1 aromatic carbocycles. The lowest BCUT2D eigenvalue weighted by Gasteiger charge is -2.47. The van der Waals surface area contributed by atoms with Gasteiger partial charge in [-0.3, -0.25) is 10.9 Å². The Balaban J connectivity index is 2.16. The van der Waals surface area contributed by atoms with E-state index in [4.69, 9.17) is 0 Å². The molecule has 0 saturated heterocycles. The standard InChI is InChI=1S/C25H35N3/c1-9-18-12-21-19(11-20(18)14-27-26-8)13-24(25(5,6)7)28-15-22(16(2)3)17(4)10-23(21)28/h10-12,15,24,26-27H,2,4,9,13-14H2,1,3,5-8H3. The first-order valence-corrected chi connectivity index (χ1v) is 10.3. The first-order chi connectivity index (χ1) is 13.2. The van der Waals surface area contributed by atoms with Gasteiger partial charge in [0.2, 0.25) is 0 Å². The number of hydrogen-bond donors (Lipinski definition) is 2. The van der Waals surface area contributed by atoms with Gasteiger partial charge in [0.15, 0.2) is 0 Å². The van der Waals surface area contributed by atoms with Gasteiger partial charge in [-0.1, -0.05) is 46.9 Å². The second-order valence-electron chi connectivity index (χ2n) is 9.11. The average molecular weight is 378 g/mol. The predicted molar refractivity (Wildman–Crippen MR) is 121 cm³/mol. The van der Waals surface area contributed by atoms with Gasteiger partial charge >= 0.3 is 0 Å². The average Bonchev–Trinajstić information content (AvgIpc) is 2.63.